The largest absolute Gasteiger partial charge is 0.480 e. The standard InChI is InChI=1S/C3H7NO3.HNO3/c4-2(1-5)3(6)7;2-1(3)4/h2,5H,1,4H2,(H,6,7);(H,2,3,4)/t2-;/m0./s1. The molecule has 8 nitrogen and oxygen atoms in total. The van der Waals surface area contributed by atoms with Crippen LogP contribution >= 0.6 is 0 Å². The first-order valence-corrected chi connectivity index (χ1v) is 2.34. The van der Waals surface area contributed by atoms with Gasteiger partial charge in [0.25, 0.3) is 5.09 Å². The molecule has 5 N–H and O–H groups in total. The molecule has 0 spiro atoms. The maximum absolute atomic E-state index is 9.65. The molecule has 0 saturated carbocycles. The van der Waals surface area contributed by atoms with Gasteiger partial charge in [-0.15, -0.1) is 10.1 Å². The summed E-state index contributed by atoms with van der Waals surface area (Å²) >= 11 is 0. The molecule has 0 unspecified atom stereocenters. The normalized spacial score (nSPS) is 10.7. The molecule has 11 heavy (non-hydrogen) atoms. The number of aliphatic hydroxyl groups excluding tert-OH is 1. The molecule has 0 amide bonds. The lowest BCUT2D eigenvalue weighted by Gasteiger charge is -1.96. The van der Waals surface area contributed by atoms with Crippen molar-refractivity contribution in [3.05, 3.63) is 10.1 Å². The SMILES string of the molecule is N[C@@H](CO)C(=O)O.O=[N+]([O-])O. The van der Waals surface area contributed by atoms with Crippen molar-refractivity contribution >= 4 is 5.97 Å². The molecule has 0 heterocycles. The minimum atomic E-state index is -1.50. The molecule has 0 bridgehead atoms. The molecule has 0 rings (SSSR count). The number of hydrogen-bond acceptors (Lipinski definition) is 5. The van der Waals surface area contributed by atoms with E-state index in [9.17, 15) is 4.79 Å². The van der Waals surface area contributed by atoms with Crippen LogP contribution in [0.25, 0.3) is 0 Å². The number of carbonyl (C=O) groups is 1. The second-order valence-electron chi connectivity index (χ2n) is 1.37. The highest BCUT2D eigenvalue weighted by atomic mass is 16.9. The third-order valence-electron chi connectivity index (χ3n) is 0.514. The van der Waals surface area contributed by atoms with Crippen LogP contribution in [0.15, 0.2) is 0 Å². The van der Waals surface area contributed by atoms with Crippen molar-refractivity contribution in [3.8, 4) is 0 Å². The second kappa shape index (κ2) is 6.71. The van der Waals surface area contributed by atoms with E-state index >= 15 is 0 Å². The minimum absolute atomic E-state index is 0.505. The van der Waals surface area contributed by atoms with Gasteiger partial charge in [-0.25, -0.2) is 0 Å². The average Bonchev–Trinajstić information content (AvgIpc) is 1.85. The van der Waals surface area contributed by atoms with E-state index in [-0.39, 0.29) is 0 Å². The maximum atomic E-state index is 9.65. The monoisotopic (exact) mass is 168 g/mol. The van der Waals surface area contributed by atoms with Crippen LogP contribution in [0, 0.1) is 10.1 Å². The van der Waals surface area contributed by atoms with Crippen LogP contribution in [0.3, 0.4) is 0 Å². The van der Waals surface area contributed by atoms with Gasteiger partial charge in [0.2, 0.25) is 0 Å². The first-order valence-electron chi connectivity index (χ1n) is 2.34. The highest BCUT2D eigenvalue weighted by molar-refractivity contribution is 5.73. The van der Waals surface area contributed by atoms with E-state index in [1.807, 2.05) is 0 Å². The third-order valence-corrected chi connectivity index (χ3v) is 0.514. The summed E-state index contributed by atoms with van der Waals surface area (Å²) in [6.07, 6.45) is 0. The van der Waals surface area contributed by atoms with E-state index in [1.54, 1.807) is 0 Å². The Morgan fingerprint density at radius 1 is 1.73 bits per heavy atom. The Bertz CT molecular complexity index is 132. The average molecular weight is 168 g/mol. The zero-order chi connectivity index (χ0) is 9.44. The summed E-state index contributed by atoms with van der Waals surface area (Å²) in [5, 5.41) is 29.5. The van der Waals surface area contributed by atoms with Gasteiger partial charge in [0.1, 0.15) is 6.04 Å². The van der Waals surface area contributed by atoms with Crippen molar-refractivity contribution in [3.63, 3.8) is 0 Å². The lowest BCUT2D eigenvalue weighted by molar-refractivity contribution is -0.742. The smallest absolute Gasteiger partial charge is 0.322 e. The van der Waals surface area contributed by atoms with Gasteiger partial charge in [0.15, 0.2) is 0 Å². The first kappa shape index (κ1) is 12.3. The van der Waals surface area contributed by atoms with Crippen molar-refractivity contribution in [1.82, 2.24) is 0 Å². The van der Waals surface area contributed by atoms with E-state index in [4.69, 9.17) is 31.3 Å². The summed E-state index contributed by atoms with van der Waals surface area (Å²) in [7, 11) is 0. The highest BCUT2D eigenvalue weighted by Crippen LogP contribution is 1.71. The molecule has 0 radical (unpaired) electrons. The van der Waals surface area contributed by atoms with E-state index in [2.05, 4.69) is 0 Å². The van der Waals surface area contributed by atoms with Crippen molar-refractivity contribution in [2.45, 2.75) is 6.04 Å². The van der Waals surface area contributed by atoms with Gasteiger partial charge in [-0.1, -0.05) is 0 Å². The molecule has 0 aromatic rings. The fraction of sp³-hybridized carbons (Fsp3) is 0.667. The summed E-state index contributed by atoms with van der Waals surface area (Å²) < 4.78 is 0. The number of carboxylic acid groups (broad SMARTS) is 1. The Labute approximate surface area is 61.0 Å². The molecular weight excluding hydrogens is 160 g/mol. The van der Waals surface area contributed by atoms with Crippen LogP contribution in [0.5, 0.6) is 0 Å². The molecule has 0 saturated heterocycles. The summed E-state index contributed by atoms with van der Waals surface area (Å²) in [5.74, 6) is -1.18. The van der Waals surface area contributed by atoms with Crippen molar-refractivity contribution in [1.29, 1.82) is 0 Å². The number of carboxylic acids is 1. The summed E-state index contributed by atoms with van der Waals surface area (Å²) in [6, 6.07) is -1.13. The highest BCUT2D eigenvalue weighted by Gasteiger charge is 2.06. The van der Waals surface area contributed by atoms with Gasteiger partial charge >= 0.3 is 5.97 Å². The molecule has 0 aromatic heterocycles. The van der Waals surface area contributed by atoms with Crippen molar-refractivity contribution in [2.75, 3.05) is 6.61 Å². The molecule has 1 atom stereocenters. The predicted octanol–water partition coefficient (Wildman–Crippen LogP) is -1.96. The maximum Gasteiger partial charge on any atom is 0.322 e. The number of nitrogens with two attached hydrogens (primary N) is 1. The zero-order valence-electron chi connectivity index (χ0n) is 5.38. The lowest BCUT2D eigenvalue weighted by Crippen LogP contribution is -2.33. The van der Waals surface area contributed by atoms with Crippen LogP contribution in [0.1, 0.15) is 0 Å². The third kappa shape index (κ3) is 17.7. The Morgan fingerprint density at radius 2 is 2.00 bits per heavy atom. The van der Waals surface area contributed by atoms with Gasteiger partial charge in [0.05, 0.1) is 6.61 Å². The fourth-order valence-electron chi connectivity index (χ4n) is 0.0781. The summed E-state index contributed by atoms with van der Waals surface area (Å²) in [5.41, 5.74) is 4.77. The molecular formula is C3H8N2O6. The molecule has 0 aliphatic carbocycles. The van der Waals surface area contributed by atoms with Gasteiger partial charge in [0, 0.05) is 0 Å². The topological polar surface area (TPSA) is 147 Å². The zero-order valence-corrected chi connectivity index (χ0v) is 5.38. The Balaban J connectivity index is 0. The van der Waals surface area contributed by atoms with Crippen LogP contribution < -0.4 is 5.73 Å². The quantitative estimate of drug-likeness (QED) is 0.276. The summed E-state index contributed by atoms with van der Waals surface area (Å²) in [6.45, 7) is -0.505. The second-order valence-corrected chi connectivity index (χ2v) is 1.37. The molecule has 0 fully saturated rings. The minimum Gasteiger partial charge on any atom is -0.480 e. The Hall–Kier alpha value is -1.41. The first-order chi connectivity index (χ1) is 4.91. The number of aliphatic carboxylic acids is 1. The molecule has 0 aromatic carbocycles. The van der Waals surface area contributed by atoms with E-state index in [0.717, 1.165) is 0 Å². The molecule has 0 aliphatic rings. The van der Waals surface area contributed by atoms with Crippen LogP contribution in [-0.2, 0) is 4.79 Å². The van der Waals surface area contributed by atoms with E-state index in [0.29, 0.717) is 0 Å². The van der Waals surface area contributed by atoms with E-state index in [1.165, 1.54) is 0 Å². The van der Waals surface area contributed by atoms with Gasteiger partial charge in [-0.2, -0.15) is 0 Å². The summed E-state index contributed by atoms with van der Waals surface area (Å²) in [4.78, 5) is 18.0. The fourth-order valence-corrected chi connectivity index (χ4v) is 0.0781. The number of rotatable bonds is 2. The van der Waals surface area contributed by atoms with E-state index < -0.39 is 23.7 Å². The van der Waals surface area contributed by atoms with Crippen LogP contribution in [0.2, 0.25) is 0 Å². The lowest BCUT2D eigenvalue weighted by atomic mass is 10.3. The van der Waals surface area contributed by atoms with Gasteiger partial charge in [-0.3, -0.25) is 4.79 Å². The van der Waals surface area contributed by atoms with Crippen molar-refractivity contribution < 1.29 is 25.3 Å². The Morgan fingerprint density at radius 3 is 2.00 bits per heavy atom. The molecule has 8 heteroatoms. The number of hydrogen-bond donors (Lipinski definition) is 4. The van der Waals surface area contributed by atoms with Gasteiger partial charge in [-0.05, 0) is 0 Å². The molecule has 0 aliphatic heterocycles. The van der Waals surface area contributed by atoms with Gasteiger partial charge < -0.3 is 21.2 Å². The molecule has 66 valence electrons. The predicted molar refractivity (Wildman–Crippen MR) is 31.5 cm³/mol. The number of nitrogens with zero attached hydrogens (tertiary/aromatic N) is 1. The van der Waals surface area contributed by atoms with Crippen molar-refractivity contribution in [2.24, 2.45) is 5.73 Å². The van der Waals surface area contributed by atoms with Crippen LogP contribution in [-0.4, -0.2) is 39.1 Å². The number of aliphatic hydroxyl groups is 1. The Kier molecular flexibility index (Phi) is 7.49. The van der Waals surface area contributed by atoms with Crippen LogP contribution in [0.4, 0.5) is 0 Å².